The summed E-state index contributed by atoms with van der Waals surface area (Å²) in [4.78, 5) is 14.7. The molecule has 1 aliphatic rings. The van der Waals surface area contributed by atoms with E-state index in [-0.39, 0.29) is 5.78 Å². The zero-order chi connectivity index (χ0) is 15.2. The van der Waals surface area contributed by atoms with Crippen molar-refractivity contribution in [3.8, 4) is 0 Å². The van der Waals surface area contributed by atoms with Crippen LogP contribution in [0.15, 0.2) is 24.3 Å². The smallest absolute Gasteiger partial charge is 0.176 e. The molecule has 0 amide bonds. The van der Waals surface area contributed by atoms with E-state index >= 15 is 0 Å². The number of likely N-dealkylation sites (N-methyl/N-ethyl adjacent to an activating group) is 1. The van der Waals surface area contributed by atoms with Gasteiger partial charge in [-0.1, -0.05) is 57.4 Å². The van der Waals surface area contributed by atoms with E-state index in [1.807, 2.05) is 12.1 Å². The molecule has 2 nitrogen and oxygen atoms in total. The highest BCUT2D eigenvalue weighted by atomic mass is 16.1. The van der Waals surface area contributed by atoms with Crippen LogP contribution in [0.25, 0.3) is 0 Å². The lowest BCUT2D eigenvalue weighted by Gasteiger charge is -2.35. The fourth-order valence-electron chi connectivity index (χ4n) is 3.53. The molecule has 21 heavy (non-hydrogen) atoms. The molecule has 1 fully saturated rings. The van der Waals surface area contributed by atoms with Crippen molar-refractivity contribution in [3.63, 3.8) is 0 Å². The van der Waals surface area contributed by atoms with Crippen LogP contribution in [-0.4, -0.2) is 30.3 Å². The summed E-state index contributed by atoms with van der Waals surface area (Å²) >= 11 is 0. The minimum absolute atomic E-state index is 0.248. The van der Waals surface area contributed by atoms with E-state index in [4.69, 9.17) is 0 Å². The summed E-state index contributed by atoms with van der Waals surface area (Å²) in [5, 5.41) is 0. The molecule has 2 heteroatoms. The predicted molar refractivity (Wildman–Crippen MR) is 88.8 cm³/mol. The highest BCUT2D eigenvalue weighted by molar-refractivity contribution is 5.97. The van der Waals surface area contributed by atoms with Gasteiger partial charge in [0.1, 0.15) is 0 Å². The molecule has 0 saturated heterocycles. The van der Waals surface area contributed by atoms with Gasteiger partial charge in [0.15, 0.2) is 5.78 Å². The largest absolute Gasteiger partial charge is 0.296 e. The maximum absolute atomic E-state index is 12.4. The first-order chi connectivity index (χ1) is 10.1. The third-order valence-corrected chi connectivity index (χ3v) is 4.84. The molecule has 2 rings (SSSR count). The van der Waals surface area contributed by atoms with Crippen LogP contribution in [0.2, 0.25) is 0 Å². The molecule has 1 saturated carbocycles. The fourth-order valence-corrected chi connectivity index (χ4v) is 3.53. The lowest BCUT2D eigenvalue weighted by molar-refractivity contribution is 0.0851. The second-order valence-corrected chi connectivity index (χ2v) is 6.61. The van der Waals surface area contributed by atoms with E-state index in [0.29, 0.717) is 18.5 Å². The summed E-state index contributed by atoms with van der Waals surface area (Å²) in [7, 11) is 2.11. The molecule has 2 unspecified atom stereocenters. The molecule has 0 N–H and O–H groups in total. The van der Waals surface area contributed by atoms with Crippen LogP contribution in [0.5, 0.6) is 0 Å². The Balaban J connectivity index is 1.93. The maximum Gasteiger partial charge on any atom is 0.176 e. The molecule has 1 aromatic rings. The van der Waals surface area contributed by atoms with Crippen molar-refractivity contribution in [2.45, 2.75) is 58.4 Å². The van der Waals surface area contributed by atoms with E-state index in [9.17, 15) is 4.79 Å². The molecule has 1 aromatic carbocycles. The van der Waals surface area contributed by atoms with Crippen molar-refractivity contribution in [2.75, 3.05) is 13.6 Å². The molecule has 0 bridgehead atoms. The number of rotatable bonds is 6. The van der Waals surface area contributed by atoms with E-state index in [1.54, 1.807) is 0 Å². The van der Waals surface area contributed by atoms with Crippen LogP contribution in [-0.2, 0) is 6.42 Å². The summed E-state index contributed by atoms with van der Waals surface area (Å²) in [6.07, 6.45) is 7.43. The second-order valence-electron chi connectivity index (χ2n) is 6.61. The molecule has 2 atom stereocenters. The van der Waals surface area contributed by atoms with Gasteiger partial charge < -0.3 is 0 Å². The van der Waals surface area contributed by atoms with Crippen LogP contribution in [0, 0.1) is 5.92 Å². The van der Waals surface area contributed by atoms with E-state index < -0.39 is 0 Å². The van der Waals surface area contributed by atoms with Gasteiger partial charge in [-0.15, -0.1) is 0 Å². The van der Waals surface area contributed by atoms with Gasteiger partial charge in [-0.25, -0.2) is 0 Å². The van der Waals surface area contributed by atoms with E-state index in [1.165, 1.54) is 31.2 Å². The number of hydrogen-bond acceptors (Lipinski definition) is 2. The fraction of sp³-hybridized carbons (Fsp3) is 0.632. The van der Waals surface area contributed by atoms with Crippen LogP contribution in [0.1, 0.15) is 61.9 Å². The Morgan fingerprint density at radius 3 is 2.48 bits per heavy atom. The number of nitrogens with zero attached hydrogens (tertiary/aromatic N) is 1. The molecule has 1 aliphatic carbocycles. The first-order valence-electron chi connectivity index (χ1n) is 8.44. The molecule has 0 spiro atoms. The Morgan fingerprint density at radius 2 is 1.86 bits per heavy atom. The zero-order valence-corrected chi connectivity index (χ0v) is 13.8. The zero-order valence-electron chi connectivity index (χ0n) is 13.8. The van der Waals surface area contributed by atoms with E-state index in [2.05, 4.69) is 37.9 Å². The van der Waals surface area contributed by atoms with Gasteiger partial charge in [0, 0.05) is 11.6 Å². The molecule has 0 aliphatic heterocycles. The number of carbonyl (C=O) groups excluding carboxylic acids is 1. The number of ketones is 1. The summed E-state index contributed by atoms with van der Waals surface area (Å²) in [6.45, 7) is 5.05. The lowest BCUT2D eigenvalue weighted by Crippen LogP contribution is -2.41. The molecule has 0 radical (unpaired) electrons. The van der Waals surface area contributed by atoms with Crippen LogP contribution >= 0.6 is 0 Å². The van der Waals surface area contributed by atoms with Gasteiger partial charge in [0.25, 0.3) is 0 Å². The van der Waals surface area contributed by atoms with Crippen molar-refractivity contribution in [1.29, 1.82) is 0 Å². The Labute approximate surface area is 129 Å². The summed E-state index contributed by atoms with van der Waals surface area (Å²) in [5.41, 5.74) is 2.17. The molecular weight excluding hydrogens is 258 g/mol. The number of Topliss-reactive ketones (excluding diaryl/α,β-unsaturated/α-hetero) is 1. The van der Waals surface area contributed by atoms with Gasteiger partial charge in [-0.05, 0) is 37.8 Å². The Kier molecular flexibility index (Phi) is 5.98. The van der Waals surface area contributed by atoms with Gasteiger partial charge in [0.05, 0.1) is 6.54 Å². The Bertz CT molecular complexity index is 451. The molecule has 116 valence electrons. The van der Waals surface area contributed by atoms with Gasteiger partial charge in [-0.2, -0.15) is 0 Å². The monoisotopic (exact) mass is 287 g/mol. The third kappa shape index (κ3) is 4.41. The number of carbonyl (C=O) groups is 1. The normalized spacial score (nSPS) is 22.5. The quantitative estimate of drug-likeness (QED) is 0.726. The first-order valence-corrected chi connectivity index (χ1v) is 8.44. The number of benzene rings is 1. The average molecular weight is 287 g/mol. The van der Waals surface area contributed by atoms with Gasteiger partial charge in [-0.3, -0.25) is 9.69 Å². The van der Waals surface area contributed by atoms with Crippen molar-refractivity contribution < 1.29 is 4.79 Å². The van der Waals surface area contributed by atoms with Gasteiger partial charge in [0.2, 0.25) is 0 Å². The van der Waals surface area contributed by atoms with Crippen molar-refractivity contribution in [1.82, 2.24) is 4.90 Å². The highest BCUT2D eigenvalue weighted by Crippen LogP contribution is 2.27. The lowest BCUT2D eigenvalue weighted by atomic mass is 9.85. The molecule has 0 aromatic heterocycles. The first kappa shape index (κ1) is 16.2. The third-order valence-electron chi connectivity index (χ3n) is 4.84. The van der Waals surface area contributed by atoms with Crippen molar-refractivity contribution in [2.24, 2.45) is 5.92 Å². The predicted octanol–water partition coefficient (Wildman–Crippen LogP) is 4.33. The molecular formula is C19H29NO. The average Bonchev–Trinajstić information content (AvgIpc) is 2.48. The highest BCUT2D eigenvalue weighted by Gasteiger charge is 2.26. The Morgan fingerprint density at radius 1 is 1.19 bits per heavy atom. The number of aryl methyl sites for hydroxylation is 1. The van der Waals surface area contributed by atoms with Crippen molar-refractivity contribution in [3.05, 3.63) is 35.4 Å². The van der Waals surface area contributed by atoms with Crippen LogP contribution < -0.4 is 0 Å². The topological polar surface area (TPSA) is 20.3 Å². The Hall–Kier alpha value is -1.15. The maximum atomic E-state index is 12.4. The SMILES string of the molecule is CCCc1ccc(C(=O)CN(C)C2CCCCC2C)cc1. The molecule has 0 heterocycles. The number of hydrogen-bond donors (Lipinski definition) is 0. The minimum Gasteiger partial charge on any atom is -0.296 e. The summed E-state index contributed by atoms with van der Waals surface area (Å²) < 4.78 is 0. The summed E-state index contributed by atoms with van der Waals surface area (Å²) in [6, 6.07) is 8.75. The van der Waals surface area contributed by atoms with E-state index in [0.717, 1.165) is 18.4 Å². The second kappa shape index (κ2) is 7.74. The van der Waals surface area contributed by atoms with Crippen molar-refractivity contribution >= 4 is 5.78 Å². The standard InChI is InChI=1S/C19H29NO/c1-4-7-16-10-12-17(13-11-16)19(21)14-20(3)18-9-6-5-8-15(18)2/h10-13,15,18H,4-9,14H2,1-3H3. The minimum atomic E-state index is 0.248. The van der Waals surface area contributed by atoms with Crippen LogP contribution in [0.3, 0.4) is 0 Å². The summed E-state index contributed by atoms with van der Waals surface area (Å²) in [5.74, 6) is 0.960. The van der Waals surface area contributed by atoms with Crippen LogP contribution in [0.4, 0.5) is 0 Å². The van der Waals surface area contributed by atoms with Gasteiger partial charge >= 0.3 is 0 Å².